The third-order valence-corrected chi connectivity index (χ3v) is 11.9. The second-order valence-corrected chi connectivity index (χ2v) is 17.2. The highest BCUT2D eigenvalue weighted by Gasteiger charge is 2.51. The molecule has 14 nitrogen and oxygen atoms in total. The summed E-state index contributed by atoms with van der Waals surface area (Å²) in [5.41, 5.74) is 0. The van der Waals surface area contributed by atoms with Gasteiger partial charge in [0, 0.05) is 6.42 Å². The van der Waals surface area contributed by atoms with Gasteiger partial charge in [-0.15, -0.1) is 0 Å². The van der Waals surface area contributed by atoms with E-state index in [2.05, 4.69) is 43.5 Å². The lowest BCUT2D eigenvalue weighted by atomic mass is 9.97. The fraction of sp³-hybridized carbons (Fsp3) is 0.894. The Morgan fingerprint density at radius 3 is 1.64 bits per heavy atom. The minimum absolute atomic E-state index is 0.218. The Labute approximate surface area is 367 Å². The van der Waals surface area contributed by atoms with Crippen molar-refractivity contribution in [1.29, 1.82) is 0 Å². The maximum atomic E-state index is 13.1. The fourth-order valence-corrected chi connectivity index (χ4v) is 7.91. The monoisotopic (exact) mass is 874 g/mol. The number of carbonyl (C=O) groups excluding carboxylic acids is 1. The Morgan fingerprint density at radius 2 is 1.08 bits per heavy atom. The lowest BCUT2D eigenvalue weighted by molar-refractivity contribution is -0.359. The molecule has 0 spiro atoms. The lowest BCUT2D eigenvalue weighted by Crippen LogP contribution is -2.65. The molecule has 0 radical (unpaired) electrons. The van der Waals surface area contributed by atoms with Crippen molar-refractivity contribution in [2.45, 2.75) is 248 Å². The van der Waals surface area contributed by atoms with Crippen molar-refractivity contribution in [3.8, 4) is 0 Å². The number of aliphatic hydroxyl groups is 8. The highest BCUT2D eigenvalue weighted by molar-refractivity contribution is 5.76. The van der Waals surface area contributed by atoms with Gasteiger partial charge >= 0.3 is 0 Å². The number of aliphatic hydroxyl groups excluding tert-OH is 8. The van der Waals surface area contributed by atoms with E-state index in [-0.39, 0.29) is 12.5 Å². The molecule has 2 saturated heterocycles. The van der Waals surface area contributed by atoms with Crippen LogP contribution in [-0.2, 0) is 23.7 Å². The van der Waals surface area contributed by atoms with Crippen molar-refractivity contribution < 1.29 is 64.6 Å². The molecule has 0 aromatic heterocycles. The van der Waals surface area contributed by atoms with E-state index in [1.165, 1.54) is 70.6 Å². The first kappa shape index (κ1) is 55.6. The van der Waals surface area contributed by atoms with Gasteiger partial charge in [-0.05, 0) is 44.9 Å². The predicted molar refractivity (Wildman–Crippen MR) is 235 cm³/mol. The van der Waals surface area contributed by atoms with Crippen LogP contribution < -0.4 is 5.32 Å². The Balaban J connectivity index is 1.74. The van der Waals surface area contributed by atoms with Gasteiger partial charge in [0.15, 0.2) is 12.6 Å². The minimum Gasteiger partial charge on any atom is -0.394 e. The van der Waals surface area contributed by atoms with Crippen LogP contribution in [0, 0.1) is 0 Å². The quantitative estimate of drug-likeness (QED) is 0.0285. The van der Waals surface area contributed by atoms with Gasteiger partial charge in [0.25, 0.3) is 0 Å². The van der Waals surface area contributed by atoms with Crippen LogP contribution in [0.5, 0.6) is 0 Å². The van der Waals surface area contributed by atoms with Crippen LogP contribution in [0.4, 0.5) is 0 Å². The number of unbranched alkanes of at least 4 members (excludes halogenated alkanes) is 19. The first-order valence-electron chi connectivity index (χ1n) is 24.1. The SMILES string of the molecule is CCCCCCC/C=C\C/C=C\CCCCCCCCCCCC(=O)NC(COC1OC(CO)C(OC2OC(CO)C(O)C(O)C2O)C(O)C1O)C(O)CCCCCCCC. The maximum Gasteiger partial charge on any atom is 0.220 e. The molecule has 2 aliphatic heterocycles. The van der Waals surface area contributed by atoms with Gasteiger partial charge in [-0.25, -0.2) is 0 Å². The molecule has 0 saturated carbocycles. The third kappa shape index (κ3) is 22.8. The Kier molecular flexibility index (Phi) is 31.7. The van der Waals surface area contributed by atoms with Crippen LogP contribution in [0.2, 0.25) is 0 Å². The Bertz CT molecular complexity index is 1130. The molecular weight excluding hydrogens is 787 g/mol. The highest BCUT2D eigenvalue weighted by atomic mass is 16.7. The molecule has 2 heterocycles. The molecular formula is C47H87NO13. The first-order chi connectivity index (χ1) is 29.6. The molecule has 2 rings (SSSR count). The van der Waals surface area contributed by atoms with E-state index in [1.807, 2.05) is 0 Å². The summed E-state index contributed by atoms with van der Waals surface area (Å²) in [6.45, 7) is 2.75. The second kappa shape index (κ2) is 34.8. The summed E-state index contributed by atoms with van der Waals surface area (Å²) in [6, 6.07) is -0.825. The van der Waals surface area contributed by atoms with E-state index >= 15 is 0 Å². The lowest BCUT2D eigenvalue weighted by Gasteiger charge is -2.46. The Hall–Kier alpha value is -1.53. The Morgan fingerprint density at radius 1 is 0.590 bits per heavy atom. The molecule has 2 aliphatic rings. The number of allylic oxidation sites excluding steroid dienone is 4. The van der Waals surface area contributed by atoms with Crippen molar-refractivity contribution >= 4 is 5.91 Å². The maximum absolute atomic E-state index is 13.1. The van der Waals surface area contributed by atoms with Gasteiger partial charge in [0.2, 0.25) is 5.91 Å². The molecule has 12 unspecified atom stereocenters. The van der Waals surface area contributed by atoms with Gasteiger partial charge in [-0.3, -0.25) is 4.79 Å². The van der Waals surface area contributed by atoms with Crippen LogP contribution >= 0.6 is 0 Å². The summed E-state index contributed by atoms with van der Waals surface area (Å²) < 4.78 is 22.6. The topological polar surface area (TPSA) is 228 Å². The average Bonchev–Trinajstić information content (AvgIpc) is 3.26. The molecule has 14 heteroatoms. The molecule has 0 aromatic rings. The van der Waals surface area contributed by atoms with Gasteiger partial charge in [0.1, 0.15) is 48.8 Å². The van der Waals surface area contributed by atoms with Crippen LogP contribution in [0.25, 0.3) is 0 Å². The molecule has 0 aliphatic carbocycles. The predicted octanol–water partition coefficient (Wildman–Crippen LogP) is 5.38. The summed E-state index contributed by atoms with van der Waals surface area (Å²) in [4.78, 5) is 13.1. The third-order valence-electron chi connectivity index (χ3n) is 11.9. The number of amides is 1. The van der Waals surface area contributed by atoms with Gasteiger partial charge in [0.05, 0.1) is 32.0 Å². The average molecular weight is 874 g/mol. The van der Waals surface area contributed by atoms with Gasteiger partial charge < -0.3 is 65.1 Å². The zero-order valence-electron chi connectivity index (χ0n) is 37.7. The van der Waals surface area contributed by atoms with Gasteiger partial charge in [-0.2, -0.15) is 0 Å². The van der Waals surface area contributed by atoms with E-state index in [4.69, 9.17) is 18.9 Å². The van der Waals surface area contributed by atoms with Crippen LogP contribution in [0.1, 0.15) is 174 Å². The molecule has 61 heavy (non-hydrogen) atoms. The fourth-order valence-electron chi connectivity index (χ4n) is 7.91. The molecule has 1 amide bonds. The summed E-state index contributed by atoms with van der Waals surface area (Å²) in [5.74, 6) is -0.218. The van der Waals surface area contributed by atoms with E-state index in [1.54, 1.807) is 0 Å². The standard InChI is InChI=1S/C47H87NO13/c1-3-5-7-9-11-12-13-14-15-16-17-18-19-20-21-22-23-24-25-27-29-31-39(52)48-35(36(51)30-28-26-10-8-6-4-2)34-58-46-44(57)42(55)45(38(33-50)60-46)61-47-43(56)41(54)40(53)37(32-49)59-47/h13-14,16-17,35-38,40-47,49-51,53-57H,3-12,15,18-34H2,1-2H3,(H,48,52)/b14-13-,17-16-. The molecule has 358 valence electrons. The first-order valence-corrected chi connectivity index (χ1v) is 24.1. The van der Waals surface area contributed by atoms with Crippen molar-refractivity contribution in [3.63, 3.8) is 0 Å². The summed E-state index contributed by atoms with van der Waals surface area (Å²) in [6.07, 6.45) is 19.4. The normalized spacial score (nSPS) is 28.2. The summed E-state index contributed by atoms with van der Waals surface area (Å²) >= 11 is 0. The molecule has 12 atom stereocenters. The zero-order chi connectivity index (χ0) is 44.7. The zero-order valence-corrected chi connectivity index (χ0v) is 37.7. The van der Waals surface area contributed by atoms with Crippen molar-refractivity contribution in [1.82, 2.24) is 5.32 Å². The number of carbonyl (C=O) groups is 1. The van der Waals surface area contributed by atoms with Crippen LogP contribution in [-0.4, -0.2) is 140 Å². The number of nitrogens with one attached hydrogen (secondary N) is 1. The minimum atomic E-state index is -1.78. The number of hydrogen-bond donors (Lipinski definition) is 9. The van der Waals surface area contributed by atoms with E-state index in [0.717, 1.165) is 77.0 Å². The van der Waals surface area contributed by atoms with Crippen molar-refractivity contribution in [2.24, 2.45) is 0 Å². The van der Waals surface area contributed by atoms with Crippen LogP contribution in [0.15, 0.2) is 24.3 Å². The number of ether oxygens (including phenoxy) is 4. The smallest absolute Gasteiger partial charge is 0.220 e. The van der Waals surface area contributed by atoms with E-state index < -0.39 is 86.8 Å². The van der Waals surface area contributed by atoms with E-state index in [9.17, 15) is 45.6 Å². The van der Waals surface area contributed by atoms with Crippen LogP contribution in [0.3, 0.4) is 0 Å². The van der Waals surface area contributed by atoms with Crippen molar-refractivity contribution in [2.75, 3.05) is 19.8 Å². The summed E-state index contributed by atoms with van der Waals surface area (Å²) in [7, 11) is 0. The number of rotatable bonds is 36. The molecule has 0 bridgehead atoms. The highest BCUT2D eigenvalue weighted by Crippen LogP contribution is 2.30. The van der Waals surface area contributed by atoms with Gasteiger partial charge in [-0.1, -0.05) is 147 Å². The summed E-state index contributed by atoms with van der Waals surface area (Å²) in [5, 5.41) is 86.3. The number of hydrogen-bond acceptors (Lipinski definition) is 13. The molecule has 9 N–H and O–H groups in total. The molecule has 2 fully saturated rings. The largest absolute Gasteiger partial charge is 0.394 e. The molecule has 0 aromatic carbocycles. The second-order valence-electron chi connectivity index (χ2n) is 17.2. The van der Waals surface area contributed by atoms with Crippen molar-refractivity contribution in [3.05, 3.63) is 24.3 Å². The van der Waals surface area contributed by atoms with E-state index in [0.29, 0.717) is 12.8 Å².